The Morgan fingerprint density at radius 2 is 1.13 bits per heavy atom. The Morgan fingerprint density at radius 3 is 1.60 bits per heavy atom. The molecule has 92 valence electrons. The van der Waals surface area contributed by atoms with E-state index in [0.29, 0.717) is 10.8 Å². The van der Waals surface area contributed by atoms with Crippen LogP contribution in [0.2, 0.25) is 0 Å². The van der Waals surface area contributed by atoms with E-state index in [0.717, 1.165) is 0 Å². The molecule has 0 aliphatic heterocycles. The van der Waals surface area contributed by atoms with E-state index in [1.165, 1.54) is 44.9 Å². The van der Waals surface area contributed by atoms with Gasteiger partial charge in [-0.05, 0) is 17.3 Å². The molecule has 15 heavy (non-hydrogen) atoms. The third-order valence-electron chi connectivity index (χ3n) is 4.19. The Kier molecular flexibility index (Phi) is 6.55. The maximum atomic E-state index is 2.42. The maximum Gasteiger partial charge on any atom is -0.0306 e. The minimum atomic E-state index is 0.441. The van der Waals surface area contributed by atoms with E-state index in [2.05, 4.69) is 41.5 Å². The highest BCUT2D eigenvalue weighted by molar-refractivity contribution is 4.81. The second-order valence-corrected chi connectivity index (χ2v) is 6.65. The van der Waals surface area contributed by atoms with Crippen molar-refractivity contribution < 1.29 is 0 Å². The van der Waals surface area contributed by atoms with Crippen molar-refractivity contribution in [1.82, 2.24) is 0 Å². The molecule has 0 unspecified atom stereocenters. The first kappa shape index (κ1) is 15.0. The molecule has 0 saturated heterocycles. The monoisotopic (exact) mass is 212 g/mol. The van der Waals surface area contributed by atoms with Gasteiger partial charge in [-0.15, -0.1) is 0 Å². The summed E-state index contributed by atoms with van der Waals surface area (Å²) in [6.07, 6.45) is 9.87. The van der Waals surface area contributed by atoms with Crippen LogP contribution in [0.4, 0.5) is 0 Å². The fraction of sp³-hybridized carbons (Fsp3) is 1.00. The molecule has 0 spiro atoms. The quantitative estimate of drug-likeness (QED) is 0.467. The number of hydrogen-bond donors (Lipinski definition) is 0. The van der Waals surface area contributed by atoms with Gasteiger partial charge in [0.25, 0.3) is 0 Å². The van der Waals surface area contributed by atoms with E-state index >= 15 is 0 Å². The predicted molar refractivity (Wildman–Crippen MR) is 71.2 cm³/mol. The second kappa shape index (κ2) is 6.55. The van der Waals surface area contributed by atoms with Gasteiger partial charge in [0.05, 0.1) is 0 Å². The molecule has 0 radical (unpaired) electrons. The molecule has 0 amide bonds. The van der Waals surface area contributed by atoms with Gasteiger partial charge in [-0.2, -0.15) is 0 Å². The third kappa shape index (κ3) is 6.22. The molecular weight excluding hydrogens is 180 g/mol. The Balaban J connectivity index is 3.58. The van der Waals surface area contributed by atoms with Gasteiger partial charge in [-0.25, -0.2) is 0 Å². The first-order valence-corrected chi connectivity index (χ1v) is 6.81. The third-order valence-corrected chi connectivity index (χ3v) is 4.19. The Morgan fingerprint density at radius 1 is 0.667 bits per heavy atom. The molecule has 0 bridgehead atoms. The molecule has 0 aromatic heterocycles. The van der Waals surface area contributed by atoms with Crippen LogP contribution in [0.3, 0.4) is 0 Å². The summed E-state index contributed by atoms with van der Waals surface area (Å²) >= 11 is 0. The summed E-state index contributed by atoms with van der Waals surface area (Å²) in [7, 11) is 0. The summed E-state index contributed by atoms with van der Waals surface area (Å²) in [5, 5.41) is 0. The highest BCUT2D eigenvalue weighted by Gasteiger charge is 2.31. The molecule has 0 aliphatic carbocycles. The molecule has 0 heteroatoms. The lowest BCUT2D eigenvalue weighted by molar-refractivity contribution is 0.115. The van der Waals surface area contributed by atoms with Crippen molar-refractivity contribution in [2.24, 2.45) is 10.8 Å². The normalized spacial score (nSPS) is 13.2. The van der Waals surface area contributed by atoms with Crippen molar-refractivity contribution in [3.8, 4) is 0 Å². The van der Waals surface area contributed by atoms with Crippen LogP contribution in [0.25, 0.3) is 0 Å². The smallest absolute Gasteiger partial charge is 0.0306 e. The van der Waals surface area contributed by atoms with Crippen molar-refractivity contribution >= 4 is 0 Å². The number of rotatable bonds is 7. The fourth-order valence-electron chi connectivity index (χ4n) is 1.72. The van der Waals surface area contributed by atoms with Crippen LogP contribution in [-0.4, -0.2) is 0 Å². The number of unbranched alkanes of at least 4 members (excludes halogenated alkanes) is 5. The van der Waals surface area contributed by atoms with Crippen LogP contribution >= 0.6 is 0 Å². The summed E-state index contributed by atoms with van der Waals surface area (Å²) in [6.45, 7) is 14.2. The fourth-order valence-corrected chi connectivity index (χ4v) is 1.72. The molecule has 0 N–H and O–H groups in total. The first-order chi connectivity index (χ1) is 6.81. The summed E-state index contributed by atoms with van der Waals surface area (Å²) in [6, 6.07) is 0. The van der Waals surface area contributed by atoms with Crippen LogP contribution in [0, 0.1) is 10.8 Å². The van der Waals surface area contributed by atoms with Crippen LogP contribution < -0.4 is 0 Å². The first-order valence-electron chi connectivity index (χ1n) is 6.81. The molecule has 0 aromatic carbocycles. The summed E-state index contributed by atoms with van der Waals surface area (Å²) < 4.78 is 0. The van der Waals surface area contributed by atoms with Gasteiger partial charge in [-0.1, -0.05) is 80.1 Å². The van der Waals surface area contributed by atoms with E-state index in [1.54, 1.807) is 0 Å². The lowest BCUT2D eigenvalue weighted by atomic mass is 9.67. The molecule has 0 rings (SSSR count). The SMILES string of the molecule is CCCCCCCCC(C)(C)C(C)(C)C. The van der Waals surface area contributed by atoms with Gasteiger partial charge in [0.1, 0.15) is 0 Å². The Bertz CT molecular complexity index is 148. The zero-order chi connectivity index (χ0) is 11.9. The lowest BCUT2D eigenvalue weighted by Crippen LogP contribution is -2.29. The van der Waals surface area contributed by atoms with Crippen LogP contribution in [0.15, 0.2) is 0 Å². The van der Waals surface area contributed by atoms with Gasteiger partial charge in [0, 0.05) is 0 Å². The minimum Gasteiger partial charge on any atom is -0.0654 e. The topological polar surface area (TPSA) is 0 Å². The Hall–Kier alpha value is 0. The van der Waals surface area contributed by atoms with Gasteiger partial charge < -0.3 is 0 Å². The van der Waals surface area contributed by atoms with Crippen molar-refractivity contribution in [1.29, 1.82) is 0 Å². The molecule has 0 atom stereocenters. The molecule has 0 fully saturated rings. The average molecular weight is 212 g/mol. The van der Waals surface area contributed by atoms with Gasteiger partial charge >= 0.3 is 0 Å². The van der Waals surface area contributed by atoms with E-state index in [9.17, 15) is 0 Å². The standard InChI is InChI=1S/C15H32/c1-7-8-9-10-11-12-13-15(5,6)14(2,3)4/h7-13H2,1-6H3. The summed E-state index contributed by atoms with van der Waals surface area (Å²) in [4.78, 5) is 0. The maximum absolute atomic E-state index is 2.42. The van der Waals surface area contributed by atoms with E-state index in [-0.39, 0.29) is 0 Å². The molecule has 0 aromatic rings. The van der Waals surface area contributed by atoms with Gasteiger partial charge in [-0.3, -0.25) is 0 Å². The Labute approximate surface area is 97.8 Å². The average Bonchev–Trinajstić information content (AvgIpc) is 2.09. The van der Waals surface area contributed by atoms with Gasteiger partial charge in [0.15, 0.2) is 0 Å². The minimum absolute atomic E-state index is 0.441. The molecule has 0 nitrogen and oxygen atoms in total. The highest BCUT2D eigenvalue weighted by atomic mass is 14.4. The van der Waals surface area contributed by atoms with Crippen molar-refractivity contribution in [2.75, 3.05) is 0 Å². The predicted octanol–water partition coefficient (Wildman–Crippen LogP) is 5.81. The van der Waals surface area contributed by atoms with E-state index in [4.69, 9.17) is 0 Å². The zero-order valence-corrected chi connectivity index (χ0v) is 11.9. The van der Waals surface area contributed by atoms with Crippen molar-refractivity contribution in [3.63, 3.8) is 0 Å². The molecule has 0 heterocycles. The number of hydrogen-bond acceptors (Lipinski definition) is 0. The highest BCUT2D eigenvalue weighted by Crippen LogP contribution is 2.41. The van der Waals surface area contributed by atoms with Crippen molar-refractivity contribution in [3.05, 3.63) is 0 Å². The molecular formula is C15H32. The summed E-state index contributed by atoms with van der Waals surface area (Å²) in [5.74, 6) is 0. The molecule has 0 aliphatic rings. The lowest BCUT2D eigenvalue weighted by Gasteiger charge is -2.39. The van der Waals surface area contributed by atoms with E-state index < -0.39 is 0 Å². The van der Waals surface area contributed by atoms with Crippen LogP contribution in [-0.2, 0) is 0 Å². The van der Waals surface area contributed by atoms with Crippen LogP contribution in [0.5, 0.6) is 0 Å². The molecule has 0 saturated carbocycles. The zero-order valence-electron chi connectivity index (χ0n) is 11.9. The summed E-state index contributed by atoms with van der Waals surface area (Å²) in [5.41, 5.74) is 0.925. The second-order valence-electron chi connectivity index (χ2n) is 6.65. The van der Waals surface area contributed by atoms with Crippen molar-refractivity contribution in [2.45, 2.75) is 86.5 Å². The van der Waals surface area contributed by atoms with E-state index in [1.807, 2.05) is 0 Å². The van der Waals surface area contributed by atoms with Gasteiger partial charge in [0.2, 0.25) is 0 Å². The largest absolute Gasteiger partial charge is 0.0654 e. The van der Waals surface area contributed by atoms with Crippen LogP contribution in [0.1, 0.15) is 86.5 Å².